The minimum absolute atomic E-state index is 0.0701. The van der Waals surface area contributed by atoms with Gasteiger partial charge >= 0.3 is 0 Å². The van der Waals surface area contributed by atoms with Crippen molar-refractivity contribution in [3.05, 3.63) is 0 Å². The summed E-state index contributed by atoms with van der Waals surface area (Å²) >= 11 is 0. The van der Waals surface area contributed by atoms with Crippen molar-refractivity contribution in [2.45, 2.75) is 31.8 Å². The number of ether oxygens (including phenoxy) is 1. The minimum atomic E-state index is -0.808. The molecule has 5 heteroatoms. The van der Waals surface area contributed by atoms with Crippen LogP contribution in [0.1, 0.15) is 25.7 Å². The number of hydrogen-bond donors (Lipinski definition) is 1. The van der Waals surface area contributed by atoms with E-state index in [1.807, 2.05) is 0 Å². The van der Waals surface area contributed by atoms with E-state index in [-0.39, 0.29) is 18.6 Å². The van der Waals surface area contributed by atoms with Crippen molar-refractivity contribution in [3.8, 4) is 6.07 Å². The van der Waals surface area contributed by atoms with Gasteiger partial charge in [0, 0.05) is 13.1 Å². The Labute approximate surface area is 101 Å². The molecule has 0 radical (unpaired) electrons. The summed E-state index contributed by atoms with van der Waals surface area (Å²) in [6, 6.07) is 2.21. The summed E-state index contributed by atoms with van der Waals surface area (Å²) < 4.78 is 5.31. The molecule has 0 aromatic rings. The zero-order valence-electron chi connectivity index (χ0n) is 9.89. The zero-order valence-corrected chi connectivity index (χ0v) is 9.89. The van der Waals surface area contributed by atoms with Crippen molar-refractivity contribution in [1.29, 1.82) is 5.26 Å². The predicted octanol–water partition coefficient (Wildman–Crippen LogP) is 0.290. The Morgan fingerprint density at radius 2 is 2.24 bits per heavy atom. The summed E-state index contributed by atoms with van der Waals surface area (Å²) in [5.74, 6) is -0.0701. The quantitative estimate of drug-likeness (QED) is 0.750. The van der Waals surface area contributed by atoms with Crippen LogP contribution in [-0.4, -0.2) is 48.3 Å². The van der Waals surface area contributed by atoms with Crippen LogP contribution in [0.3, 0.4) is 0 Å². The van der Waals surface area contributed by atoms with Crippen molar-refractivity contribution in [3.63, 3.8) is 0 Å². The number of aliphatic hydroxyl groups excluding tert-OH is 1. The van der Waals surface area contributed by atoms with Crippen LogP contribution < -0.4 is 0 Å². The molecule has 1 heterocycles. The number of aliphatic hydroxyl groups is 1. The number of amides is 1. The van der Waals surface area contributed by atoms with E-state index in [2.05, 4.69) is 6.07 Å². The molecule has 1 unspecified atom stereocenters. The van der Waals surface area contributed by atoms with Crippen LogP contribution in [0.2, 0.25) is 0 Å². The number of morpholine rings is 1. The van der Waals surface area contributed by atoms with Crippen LogP contribution >= 0.6 is 0 Å². The van der Waals surface area contributed by atoms with Gasteiger partial charge in [0.2, 0.25) is 5.91 Å². The Bertz CT molecular complexity index is 331. The second kappa shape index (κ2) is 5.03. The normalized spacial score (nSPS) is 27.8. The third-order valence-corrected chi connectivity index (χ3v) is 3.71. The molecule has 1 aliphatic heterocycles. The fraction of sp³-hybridized carbons (Fsp3) is 0.833. The first-order chi connectivity index (χ1) is 8.22. The second-order valence-electron chi connectivity index (χ2n) is 4.83. The number of carbonyl (C=O) groups is 1. The van der Waals surface area contributed by atoms with Gasteiger partial charge in [-0.3, -0.25) is 4.79 Å². The van der Waals surface area contributed by atoms with Crippen molar-refractivity contribution < 1.29 is 14.6 Å². The van der Waals surface area contributed by atoms with Gasteiger partial charge in [0.1, 0.15) is 5.41 Å². The molecular weight excluding hydrogens is 220 g/mol. The van der Waals surface area contributed by atoms with Gasteiger partial charge in [-0.1, -0.05) is 12.8 Å². The van der Waals surface area contributed by atoms with E-state index >= 15 is 0 Å². The molecule has 0 bridgehead atoms. The predicted molar refractivity (Wildman–Crippen MR) is 59.9 cm³/mol. The number of rotatable bonds is 2. The molecule has 17 heavy (non-hydrogen) atoms. The Morgan fingerprint density at radius 1 is 1.53 bits per heavy atom. The van der Waals surface area contributed by atoms with Gasteiger partial charge in [-0.05, 0) is 12.8 Å². The fourth-order valence-electron chi connectivity index (χ4n) is 2.67. The maximum atomic E-state index is 12.4. The molecule has 1 amide bonds. The van der Waals surface area contributed by atoms with Crippen LogP contribution in [-0.2, 0) is 9.53 Å². The number of hydrogen-bond acceptors (Lipinski definition) is 4. The topological polar surface area (TPSA) is 73.6 Å². The highest BCUT2D eigenvalue weighted by molar-refractivity contribution is 5.86. The van der Waals surface area contributed by atoms with Gasteiger partial charge in [-0.2, -0.15) is 5.26 Å². The second-order valence-corrected chi connectivity index (χ2v) is 4.83. The highest BCUT2D eigenvalue weighted by Crippen LogP contribution is 2.39. The highest BCUT2D eigenvalue weighted by Gasteiger charge is 2.44. The van der Waals surface area contributed by atoms with E-state index in [1.54, 1.807) is 4.90 Å². The maximum absolute atomic E-state index is 12.4. The lowest BCUT2D eigenvalue weighted by Gasteiger charge is -2.35. The summed E-state index contributed by atoms with van der Waals surface area (Å²) in [4.78, 5) is 14.1. The zero-order chi connectivity index (χ0) is 12.3. The largest absolute Gasteiger partial charge is 0.394 e. The van der Waals surface area contributed by atoms with E-state index in [0.717, 1.165) is 12.8 Å². The lowest BCUT2D eigenvalue weighted by molar-refractivity contribution is -0.147. The Morgan fingerprint density at radius 3 is 2.82 bits per heavy atom. The summed E-state index contributed by atoms with van der Waals surface area (Å²) in [6.45, 7) is 1.29. The molecule has 0 spiro atoms. The highest BCUT2D eigenvalue weighted by atomic mass is 16.5. The summed E-state index contributed by atoms with van der Waals surface area (Å²) in [6.07, 6.45) is 2.94. The monoisotopic (exact) mass is 238 g/mol. The van der Waals surface area contributed by atoms with E-state index in [0.29, 0.717) is 32.5 Å². The first-order valence-corrected chi connectivity index (χ1v) is 6.15. The van der Waals surface area contributed by atoms with Gasteiger partial charge in [0.15, 0.2) is 0 Å². The number of carbonyl (C=O) groups excluding carboxylic acids is 1. The summed E-state index contributed by atoms with van der Waals surface area (Å²) in [5.41, 5.74) is -0.808. The van der Waals surface area contributed by atoms with Crippen LogP contribution in [0.15, 0.2) is 0 Å². The summed E-state index contributed by atoms with van der Waals surface area (Å²) in [7, 11) is 0. The molecule has 2 fully saturated rings. The van der Waals surface area contributed by atoms with Crippen molar-refractivity contribution in [2.75, 3.05) is 26.3 Å². The first kappa shape index (κ1) is 12.3. The van der Waals surface area contributed by atoms with Gasteiger partial charge in [-0.15, -0.1) is 0 Å². The molecule has 5 nitrogen and oxygen atoms in total. The molecule has 1 atom stereocenters. The standard InChI is InChI=1S/C12H18N2O3/c13-9-12(3-1-2-4-12)11(16)14-5-6-17-10(7-14)8-15/h10,15H,1-8H2. The van der Waals surface area contributed by atoms with Gasteiger partial charge in [0.05, 0.1) is 25.4 Å². The average Bonchev–Trinajstić information content (AvgIpc) is 2.88. The van der Waals surface area contributed by atoms with Crippen molar-refractivity contribution >= 4 is 5.91 Å². The van der Waals surface area contributed by atoms with E-state index in [9.17, 15) is 10.1 Å². The number of nitriles is 1. The van der Waals surface area contributed by atoms with Crippen molar-refractivity contribution in [2.24, 2.45) is 5.41 Å². The molecule has 1 saturated heterocycles. The van der Waals surface area contributed by atoms with Crippen LogP contribution in [0.4, 0.5) is 0 Å². The molecule has 1 aliphatic carbocycles. The molecule has 0 aromatic carbocycles. The first-order valence-electron chi connectivity index (χ1n) is 6.15. The summed E-state index contributed by atoms with van der Waals surface area (Å²) in [5, 5.41) is 18.3. The van der Waals surface area contributed by atoms with E-state index in [4.69, 9.17) is 9.84 Å². The van der Waals surface area contributed by atoms with Gasteiger partial charge in [-0.25, -0.2) is 0 Å². The molecule has 0 aromatic heterocycles. The van der Waals surface area contributed by atoms with E-state index in [1.165, 1.54) is 0 Å². The third kappa shape index (κ3) is 2.28. The van der Waals surface area contributed by atoms with Crippen LogP contribution in [0.5, 0.6) is 0 Å². The Kier molecular flexibility index (Phi) is 3.65. The minimum Gasteiger partial charge on any atom is -0.394 e. The number of nitrogens with zero attached hydrogens (tertiary/aromatic N) is 2. The van der Waals surface area contributed by atoms with Crippen molar-refractivity contribution in [1.82, 2.24) is 4.90 Å². The lowest BCUT2D eigenvalue weighted by Crippen LogP contribution is -2.51. The smallest absolute Gasteiger partial charge is 0.243 e. The average molecular weight is 238 g/mol. The fourth-order valence-corrected chi connectivity index (χ4v) is 2.67. The molecule has 2 rings (SSSR count). The molecule has 94 valence electrons. The van der Waals surface area contributed by atoms with Crippen LogP contribution in [0.25, 0.3) is 0 Å². The van der Waals surface area contributed by atoms with Gasteiger partial charge in [0.25, 0.3) is 0 Å². The van der Waals surface area contributed by atoms with Gasteiger partial charge < -0.3 is 14.7 Å². The van der Waals surface area contributed by atoms with Crippen LogP contribution in [0, 0.1) is 16.7 Å². The van der Waals surface area contributed by atoms with E-state index < -0.39 is 5.41 Å². The maximum Gasteiger partial charge on any atom is 0.243 e. The molecule has 2 aliphatic rings. The lowest BCUT2D eigenvalue weighted by atomic mass is 9.86. The molecule has 1 saturated carbocycles. The third-order valence-electron chi connectivity index (χ3n) is 3.71. The molecule has 1 N–H and O–H groups in total. The molecular formula is C12H18N2O3. The Hall–Kier alpha value is -1.12. The Balaban J connectivity index is 2.06. The SMILES string of the molecule is N#CC1(C(=O)N2CCOC(CO)C2)CCCC1.